The summed E-state index contributed by atoms with van der Waals surface area (Å²) in [5, 5.41) is 8.37. The maximum Gasteiger partial charge on any atom is 0.222 e. The molecule has 2 atom stereocenters. The molecule has 1 aliphatic rings. The van der Waals surface area contributed by atoms with Gasteiger partial charge in [0.15, 0.2) is 0 Å². The first-order valence-corrected chi connectivity index (χ1v) is 7.75. The third-order valence-electron chi connectivity index (χ3n) is 4.14. The van der Waals surface area contributed by atoms with Crippen LogP contribution in [0.4, 0.5) is 10.3 Å². The van der Waals surface area contributed by atoms with Gasteiger partial charge in [-0.05, 0) is 41.8 Å². The second-order valence-corrected chi connectivity index (χ2v) is 6.02. The maximum absolute atomic E-state index is 13.6. The van der Waals surface area contributed by atoms with E-state index >= 15 is 0 Å². The molecule has 116 valence electrons. The van der Waals surface area contributed by atoms with Gasteiger partial charge in [0.25, 0.3) is 0 Å². The number of halogens is 2. The zero-order valence-corrected chi connectivity index (χ0v) is 12.9. The molecule has 6 heteroatoms. The summed E-state index contributed by atoms with van der Waals surface area (Å²) in [6.45, 7) is 0. The summed E-state index contributed by atoms with van der Waals surface area (Å²) in [6.07, 6.45) is 2.26. The number of benzene rings is 2. The Kier molecular flexibility index (Phi) is 3.50. The fourth-order valence-electron chi connectivity index (χ4n) is 3.02. The predicted molar refractivity (Wildman–Crippen MR) is 87.0 cm³/mol. The Morgan fingerprint density at radius 1 is 1.13 bits per heavy atom. The molecule has 0 fully saturated rings. The van der Waals surface area contributed by atoms with Crippen molar-refractivity contribution in [3.05, 3.63) is 76.8 Å². The minimum atomic E-state index is -0.245. The third kappa shape index (κ3) is 2.68. The number of rotatable bonds is 2. The highest BCUT2D eigenvalue weighted by Crippen LogP contribution is 2.37. The van der Waals surface area contributed by atoms with Crippen LogP contribution >= 0.6 is 11.6 Å². The summed E-state index contributed by atoms with van der Waals surface area (Å²) in [5.74, 6) is 0.441. The van der Waals surface area contributed by atoms with Crippen molar-refractivity contribution < 1.29 is 4.39 Å². The van der Waals surface area contributed by atoms with Gasteiger partial charge in [-0.15, -0.1) is 0 Å². The third-order valence-corrected chi connectivity index (χ3v) is 4.39. The minimum absolute atomic E-state index is 0.0647. The van der Waals surface area contributed by atoms with E-state index in [4.69, 9.17) is 11.6 Å². The summed E-state index contributed by atoms with van der Waals surface area (Å²) >= 11 is 5.97. The Morgan fingerprint density at radius 3 is 2.74 bits per heavy atom. The van der Waals surface area contributed by atoms with Crippen LogP contribution in [-0.4, -0.2) is 14.8 Å². The lowest BCUT2D eigenvalue weighted by Crippen LogP contribution is -2.28. The van der Waals surface area contributed by atoms with Crippen molar-refractivity contribution in [1.29, 1.82) is 0 Å². The van der Waals surface area contributed by atoms with E-state index in [0.717, 1.165) is 17.5 Å². The number of nitrogens with zero attached hydrogens (tertiary/aromatic N) is 3. The highest BCUT2D eigenvalue weighted by molar-refractivity contribution is 6.30. The van der Waals surface area contributed by atoms with Crippen molar-refractivity contribution in [2.45, 2.75) is 18.5 Å². The van der Waals surface area contributed by atoms with E-state index in [0.29, 0.717) is 11.0 Å². The van der Waals surface area contributed by atoms with Crippen LogP contribution in [0.25, 0.3) is 0 Å². The molecule has 0 bridgehead atoms. The quantitative estimate of drug-likeness (QED) is 0.766. The molecule has 1 aliphatic heterocycles. The molecule has 1 N–H and O–H groups in total. The molecule has 0 amide bonds. The zero-order chi connectivity index (χ0) is 15.8. The monoisotopic (exact) mass is 328 g/mol. The van der Waals surface area contributed by atoms with E-state index in [1.807, 2.05) is 30.3 Å². The second-order valence-electron chi connectivity index (χ2n) is 5.58. The first kappa shape index (κ1) is 14.2. The number of aromatic nitrogens is 3. The molecule has 4 nitrogen and oxygen atoms in total. The molecule has 2 unspecified atom stereocenters. The number of hydrogen-bond acceptors (Lipinski definition) is 3. The predicted octanol–water partition coefficient (Wildman–Crippen LogP) is 4.22. The molecule has 3 aromatic rings. The fraction of sp³-hybridized carbons (Fsp3) is 0.176. The van der Waals surface area contributed by atoms with Crippen molar-refractivity contribution in [2.24, 2.45) is 0 Å². The van der Waals surface area contributed by atoms with Crippen molar-refractivity contribution in [3.63, 3.8) is 0 Å². The Labute approximate surface area is 137 Å². The largest absolute Gasteiger partial charge is 0.348 e. The average Bonchev–Trinajstić information content (AvgIpc) is 3.03. The molecule has 0 saturated carbocycles. The van der Waals surface area contributed by atoms with E-state index in [1.54, 1.807) is 16.8 Å². The molecule has 1 aromatic heterocycles. The number of nitrogens with one attached hydrogen (secondary N) is 1. The van der Waals surface area contributed by atoms with Crippen LogP contribution in [-0.2, 0) is 0 Å². The lowest BCUT2D eigenvalue weighted by molar-refractivity contribution is 0.429. The highest BCUT2D eigenvalue weighted by atomic mass is 35.5. The van der Waals surface area contributed by atoms with Crippen LogP contribution in [0, 0.1) is 5.82 Å². The Balaban J connectivity index is 1.73. The van der Waals surface area contributed by atoms with Gasteiger partial charge in [0.05, 0.1) is 12.1 Å². The van der Waals surface area contributed by atoms with Crippen molar-refractivity contribution in [1.82, 2.24) is 14.8 Å². The molecule has 0 radical (unpaired) electrons. The lowest BCUT2D eigenvalue weighted by atomic mass is 9.93. The smallest absolute Gasteiger partial charge is 0.222 e. The fourth-order valence-corrected chi connectivity index (χ4v) is 3.15. The van der Waals surface area contributed by atoms with Gasteiger partial charge in [0, 0.05) is 5.02 Å². The van der Waals surface area contributed by atoms with Gasteiger partial charge in [0.1, 0.15) is 12.1 Å². The molecule has 0 saturated heterocycles. The van der Waals surface area contributed by atoms with Gasteiger partial charge in [-0.25, -0.2) is 9.07 Å². The summed E-state index contributed by atoms with van der Waals surface area (Å²) in [7, 11) is 0. The van der Waals surface area contributed by atoms with Crippen LogP contribution in [0.2, 0.25) is 5.02 Å². The van der Waals surface area contributed by atoms with Crippen LogP contribution in [0.3, 0.4) is 0 Å². The lowest BCUT2D eigenvalue weighted by Gasteiger charge is -2.31. The highest BCUT2D eigenvalue weighted by Gasteiger charge is 2.29. The van der Waals surface area contributed by atoms with Crippen LogP contribution in [0.15, 0.2) is 54.9 Å². The van der Waals surface area contributed by atoms with E-state index < -0.39 is 0 Å². The van der Waals surface area contributed by atoms with Crippen molar-refractivity contribution >= 4 is 17.5 Å². The molecule has 2 heterocycles. The summed E-state index contributed by atoms with van der Waals surface area (Å²) in [5.41, 5.74) is 2.00. The first-order valence-electron chi connectivity index (χ1n) is 7.38. The van der Waals surface area contributed by atoms with Crippen molar-refractivity contribution in [2.75, 3.05) is 5.32 Å². The van der Waals surface area contributed by atoms with E-state index in [1.165, 1.54) is 12.4 Å². The Hall–Kier alpha value is -2.40. The van der Waals surface area contributed by atoms with Gasteiger partial charge in [0.2, 0.25) is 5.95 Å². The number of anilines is 1. The average molecular weight is 329 g/mol. The topological polar surface area (TPSA) is 42.7 Å². The molecule has 23 heavy (non-hydrogen) atoms. The van der Waals surface area contributed by atoms with E-state index in [2.05, 4.69) is 15.4 Å². The Morgan fingerprint density at radius 2 is 1.96 bits per heavy atom. The molecule has 2 aromatic carbocycles. The van der Waals surface area contributed by atoms with E-state index in [-0.39, 0.29) is 17.9 Å². The van der Waals surface area contributed by atoms with Gasteiger partial charge in [-0.1, -0.05) is 35.9 Å². The van der Waals surface area contributed by atoms with E-state index in [9.17, 15) is 4.39 Å². The van der Waals surface area contributed by atoms with Gasteiger partial charge >= 0.3 is 0 Å². The van der Waals surface area contributed by atoms with Gasteiger partial charge < -0.3 is 5.32 Å². The number of hydrogen-bond donors (Lipinski definition) is 1. The summed E-state index contributed by atoms with van der Waals surface area (Å²) in [6, 6.07) is 14.4. The summed E-state index contributed by atoms with van der Waals surface area (Å²) < 4.78 is 15.4. The SMILES string of the molecule is Fc1cccc(C2CC(c3ccc(Cl)cc3)Nc3ncnn32)c1. The summed E-state index contributed by atoms with van der Waals surface area (Å²) in [4.78, 5) is 4.27. The minimum Gasteiger partial charge on any atom is -0.348 e. The van der Waals surface area contributed by atoms with Crippen LogP contribution < -0.4 is 5.32 Å². The normalized spacial score (nSPS) is 19.9. The molecule has 4 rings (SSSR count). The second kappa shape index (κ2) is 5.66. The van der Waals surface area contributed by atoms with Gasteiger partial charge in [-0.2, -0.15) is 10.1 Å². The molecule has 0 aliphatic carbocycles. The molecular weight excluding hydrogens is 315 g/mol. The maximum atomic E-state index is 13.6. The van der Waals surface area contributed by atoms with Crippen LogP contribution in [0.1, 0.15) is 29.6 Å². The standard InChI is InChI=1S/C17H14ClFN4/c18-13-6-4-11(5-7-13)15-9-16(12-2-1-3-14(19)8-12)23-17(22-15)20-10-21-23/h1-8,10,15-16H,9H2,(H,20,21,22). The van der Waals surface area contributed by atoms with Gasteiger partial charge in [-0.3, -0.25) is 0 Å². The molecular formula is C17H14ClFN4. The Bertz CT molecular complexity index is 831. The zero-order valence-electron chi connectivity index (χ0n) is 12.2. The molecule has 0 spiro atoms. The first-order chi connectivity index (χ1) is 11.2. The van der Waals surface area contributed by atoms with Crippen LogP contribution in [0.5, 0.6) is 0 Å². The number of fused-ring (bicyclic) bond motifs is 1. The van der Waals surface area contributed by atoms with Crippen molar-refractivity contribution in [3.8, 4) is 0 Å².